The molecule has 0 spiro atoms. The van der Waals surface area contributed by atoms with Crippen molar-refractivity contribution in [2.45, 2.75) is 82.7 Å². The number of carbonyl (C=O) groups is 1. The minimum absolute atomic E-state index is 0. The summed E-state index contributed by atoms with van der Waals surface area (Å²) < 4.78 is 0. The van der Waals surface area contributed by atoms with Crippen LogP contribution < -0.4 is 29.6 Å². The molecule has 0 aliphatic heterocycles. The Kier molecular flexibility index (Phi) is 23.7. The average Bonchev–Trinajstić information content (AvgIpc) is 2.55. The third kappa shape index (κ3) is 15.8. The zero-order valence-corrected chi connectivity index (χ0v) is 17.0. The van der Waals surface area contributed by atoms with Crippen LogP contribution in [0.4, 0.5) is 0 Å². The summed E-state index contributed by atoms with van der Waals surface area (Å²) in [4.78, 5) is 10.1. The van der Waals surface area contributed by atoms with Crippen molar-refractivity contribution in [1.82, 2.24) is 0 Å². The van der Waals surface area contributed by atoms with Crippen molar-refractivity contribution in [3.63, 3.8) is 0 Å². The van der Waals surface area contributed by atoms with Gasteiger partial charge in [0.25, 0.3) is 0 Å². The van der Waals surface area contributed by atoms with Crippen LogP contribution in [-0.4, -0.2) is 67.6 Å². The molecule has 140 valence electrons. The van der Waals surface area contributed by atoms with E-state index in [0.717, 1.165) is 6.42 Å². The number of aliphatic hydroxyl groups is 5. The van der Waals surface area contributed by atoms with Gasteiger partial charge in [-0.1, -0.05) is 51.9 Å². The molecule has 0 saturated heterocycles. The van der Waals surface area contributed by atoms with Crippen molar-refractivity contribution < 1.29 is 65.0 Å². The van der Waals surface area contributed by atoms with E-state index < -0.39 is 37.0 Å². The standard InChI is InChI=1S/C10H21.C6H12O7.Na/c1-3-5-7-9-10-8-6-4-2;7-1-2(8)3(9)4(10)5(11)6(12)13;/h1,3-10H2,2H3;2-5,7-11H,1H2,(H,12,13);/q-1;;+1. The fourth-order valence-corrected chi connectivity index (χ4v) is 1.80. The Labute approximate surface area is 167 Å². The van der Waals surface area contributed by atoms with Crippen LogP contribution >= 0.6 is 0 Å². The van der Waals surface area contributed by atoms with Crippen molar-refractivity contribution in [2.75, 3.05) is 6.61 Å². The van der Waals surface area contributed by atoms with Gasteiger partial charge < -0.3 is 37.6 Å². The molecule has 0 aromatic rings. The molecule has 6 N–H and O–H groups in total. The quantitative estimate of drug-likeness (QED) is 0.128. The molecule has 0 heterocycles. The Morgan fingerprint density at radius 1 is 0.917 bits per heavy atom. The summed E-state index contributed by atoms with van der Waals surface area (Å²) >= 11 is 0. The Balaban J connectivity index is -0.000000364. The molecule has 7 nitrogen and oxygen atoms in total. The van der Waals surface area contributed by atoms with Crippen LogP contribution in [0.15, 0.2) is 0 Å². The first kappa shape index (κ1) is 29.0. The molecular formula is C16H33NaO7. The number of carboxylic acid groups (broad SMARTS) is 1. The van der Waals surface area contributed by atoms with Crippen LogP contribution in [0.5, 0.6) is 0 Å². The summed E-state index contributed by atoms with van der Waals surface area (Å²) in [6.07, 6.45) is 3.08. The molecule has 0 aliphatic carbocycles. The number of rotatable bonds is 12. The molecule has 0 aliphatic rings. The maximum absolute atomic E-state index is 10.1. The molecule has 0 radical (unpaired) electrons. The van der Waals surface area contributed by atoms with E-state index in [4.69, 9.17) is 30.6 Å². The SMILES string of the molecule is O=C(O)C(O)C(O)C(O)C(O)CO.[CH2-]CCCCCCCCC.[Na+]. The van der Waals surface area contributed by atoms with E-state index >= 15 is 0 Å². The zero-order valence-electron chi connectivity index (χ0n) is 15.0. The number of hydrogen-bond donors (Lipinski definition) is 6. The summed E-state index contributed by atoms with van der Waals surface area (Å²) in [5, 5.41) is 51.8. The molecule has 4 atom stereocenters. The van der Waals surface area contributed by atoms with Gasteiger partial charge in [-0.3, -0.25) is 0 Å². The number of aliphatic carboxylic acids is 1. The van der Waals surface area contributed by atoms with Gasteiger partial charge in [0.15, 0.2) is 6.10 Å². The van der Waals surface area contributed by atoms with Crippen LogP contribution in [0.3, 0.4) is 0 Å². The second-order valence-corrected chi connectivity index (χ2v) is 5.49. The predicted molar refractivity (Wildman–Crippen MR) is 86.7 cm³/mol. The Morgan fingerprint density at radius 3 is 1.75 bits per heavy atom. The van der Waals surface area contributed by atoms with Crippen LogP contribution in [0.2, 0.25) is 0 Å². The van der Waals surface area contributed by atoms with E-state index in [1.807, 2.05) is 0 Å². The van der Waals surface area contributed by atoms with Gasteiger partial charge in [0.05, 0.1) is 6.61 Å². The average molecular weight is 360 g/mol. The Bertz CT molecular complexity index is 271. The topological polar surface area (TPSA) is 138 Å². The van der Waals surface area contributed by atoms with E-state index in [-0.39, 0.29) is 29.6 Å². The fraction of sp³-hybridized carbons (Fsp3) is 0.875. The van der Waals surface area contributed by atoms with Gasteiger partial charge in [-0.05, 0) is 0 Å². The Hall–Kier alpha value is 0.270. The summed E-state index contributed by atoms with van der Waals surface area (Å²) in [5.41, 5.74) is 0. The molecule has 0 saturated carbocycles. The maximum Gasteiger partial charge on any atom is 1.00 e. The predicted octanol–water partition coefficient (Wildman–Crippen LogP) is -2.53. The van der Waals surface area contributed by atoms with Gasteiger partial charge >= 0.3 is 35.5 Å². The van der Waals surface area contributed by atoms with E-state index in [9.17, 15) is 4.79 Å². The summed E-state index contributed by atoms with van der Waals surface area (Å²) in [7, 11) is 0. The van der Waals surface area contributed by atoms with Crippen molar-refractivity contribution >= 4 is 5.97 Å². The van der Waals surface area contributed by atoms with Crippen molar-refractivity contribution in [1.29, 1.82) is 0 Å². The Morgan fingerprint density at radius 2 is 1.38 bits per heavy atom. The molecule has 0 aromatic heterocycles. The van der Waals surface area contributed by atoms with Crippen LogP contribution in [0, 0.1) is 6.92 Å². The smallest absolute Gasteiger partial charge is 0.479 e. The van der Waals surface area contributed by atoms with Gasteiger partial charge in [0, 0.05) is 0 Å². The van der Waals surface area contributed by atoms with E-state index in [1.165, 1.54) is 44.9 Å². The first-order valence-corrected chi connectivity index (χ1v) is 8.18. The summed E-state index contributed by atoms with van der Waals surface area (Å²) in [6, 6.07) is 0. The van der Waals surface area contributed by atoms with Crippen molar-refractivity contribution in [2.24, 2.45) is 0 Å². The second kappa shape index (κ2) is 19.6. The summed E-state index contributed by atoms with van der Waals surface area (Å²) in [6.45, 7) is 5.24. The molecule has 24 heavy (non-hydrogen) atoms. The molecule has 0 fully saturated rings. The number of carboxylic acids is 1. The van der Waals surface area contributed by atoms with Gasteiger partial charge in [0.2, 0.25) is 0 Å². The first-order chi connectivity index (χ1) is 10.8. The molecule has 0 bridgehead atoms. The maximum atomic E-state index is 10.1. The minimum atomic E-state index is -2.20. The fourth-order valence-electron chi connectivity index (χ4n) is 1.80. The molecule has 0 rings (SSSR count). The van der Waals surface area contributed by atoms with Crippen molar-refractivity contribution in [3.05, 3.63) is 6.92 Å². The third-order valence-electron chi connectivity index (χ3n) is 3.36. The van der Waals surface area contributed by atoms with Crippen molar-refractivity contribution in [3.8, 4) is 0 Å². The normalized spacial score (nSPS) is 15.3. The number of aliphatic hydroxyl groups excluding tert-OH is 5. The van der Waals surface area contributed by atoms with E-state index in [2.05, 4.69) is 13.8 Å². The molecule has 0 amide bonds. The molecule has 4 unspecified atom stereocenters. The monoisotopic (exact) mass is 360 g/mol. The third-order valence-corrected chi connectivity index (χ3v) is 3.36. The van der Waals surface area contributed by atoms with Gasteiger partial charge in [-0.25, -0.2) is 4.79 Å². The van der Waals surface area contributed by atoms with Crippen LogP contribution in [0.25, 0.3) is 0 Å². The molecule has 8 heteroatoms. The number of hydrogen-bond acceptors (Lipinski definition) is 6. The van der Waals surface area contributed by atoms with E-state index in [1.54, 1.807) is 0 Å². The number of unbranched alkanes of at least 4 members (excludes halogenated alkanes) is 7. The minimum Gasteiger partial charge on any atom is -0.479 e. The van der Waals surface area contributed by atoms with Crippen LogP contribution in [-0.2, 0) is 4.79 Å². The van der Waals surface area contributed by atoms with Crippen LogP contribution in [0.1, 0.15) is 58.3 Å². The molecule has 0 aromatic carbocycles. The molecular weight excluding hydrogens is 327 g/mol. The van der Waals surface area contributed by atoms with E-state index in [0.29, 0.717) is 0 Å². The largest absolute Gasteiger partial charge is 1.00 e. The van der Waals surface area contributed by atoms with Gasteiger partial charge in [-0.15, -0.1) is 0 Å². The first-order valence-electron chi connectivity index (χ1n) is 8.18. The van der Waals surface area contributed by atoms with Gasteiger partial charge in [0.1, 0.15) is 18.3 Å². The second-order valence-electron chi connectivity index (χ2n) is 5.49. The zero-order chi connectivity index (χ0) is 18.3. The summed E-state index contributed by atoms with van der Waals surface area (Å²) in [5.74, 6) is -1.73. The van der Waals surface area contributed by atoms with Gasteiger partial charge in [-0.2, -0.15) is 6.42 Å².